The van der Waals surface area contributed by atoms with Gasteiger partial charge in [-0.2, -0.15) is 4.99 Å². The summed E-state index contributed by atoms with van der Waals surface area (Å²) >= 11 is 9.14. The van der Waals surface area contributed by atoms with E-state index in [-0.39, 0.29) is 0 Å². The van der Waals surface area contributed by atoms with Crippen molar-refractivity contribution in [3.8, 4) is 0 Å². The molecule has 0 atom stereocenters. The summed E-state index contributed by atoms with van der Waals surface area (Å²) in [6, 6.07) is 0. The van der Waals surface area contributed by atoms with Crippen molar-refractivity contribution in [1.29, 1.82) is 0 Å². The zero-order valence-electron chi connectivity index (χ0n) is 3.80. The molecule has 0 spiro atoms. The summed E-state index contributed by atoms with van der Waals surface area (Å²) in [6.45, 7) is 0. The lowest BCUT2D eigenvalue weighted by Crippen LogP contribution is -1.81. The highest BCUT2D eigenvalue weighted by Gasteiger charge is 1.83. The van der Waals surface area contributed by atoms with E-state index in [0.29, 0.717) is 0 Å². The number of amides is 1. The van der Waals surface area contributed by atoms with Gasteiger partial charge in [0.1, 0.15) is 0 Å². The molecule has 1 amide bonds. The number of halogens is 1. The minimum absolute atomic E-state index is 0.491. The molecular weight excluding hydrogens is 146 g/mol. The van der Waals surface area contributed by atoms with Gasteiger partial charge in [0.2, 0.25) is 0 Å². The van der Waals surface area contributed by atoms with Crippen molar-refractivity contribution >= 4 is 34.9 Å². The molecule has 0 aliphatic rings. The van der Waals surface area contributed by atoms with Crippen molar-refractivity contribution in [2.45, 2.75) is 0 Å². The summed E-state index contributed by atoms with van der Waals surface area (Å²) in [6.07, 6.45) is 1.08. The Kier molecular flexibility index (Phi) is 4.36. The first-order valence-electron chi connectivity index (χ1n) is 1.70. The third-order valence-corrected chi connectivity index (χ3v) is 0.579. The minimum atomic E-state index is -0.491. The van der Waals surface area contributed by atoms with Gasteiger partial charge in [0.25, 0.3) is 5.91 Å². The maximum absolute atomic E-state index is 10.2. The van der Waals surface area contributed by atoms with Crippen LogP contribution in [0.15, 0.2) is 16.6 Å². The SMILES string of the molecule is O=C(/C=C/Cl)N=C=S. The maximum atomic E-state index is 10.2. The van der Waals surface area contributed by atoms with E-state index in [1.54, 1.807) is 0 Å². The molecule has 4 heteroatoms. The van der Waals surface area contributed by atoms with Crippen molar-refractivity contribution < 1.29 is 4.79 Å². The number of isothiocyanates is 1. The van der Waals surface area contributed by atoms with Gasteiger partial charge >= 0.3 is 0 Å². The van der Waals surface area contributed by atoms with Gasteiger partial charge in [0.15, 0.2) is 0 Å². The highest BCUT2D eigenvalue weighted by Crippen LogP contribution is 1.80. The van der Waals surface area contributed by atoms with E-state index in [1.807, 2.05) is 5.16 Å². The predicted molar refractivity (Wildman–Crippen MR) is 35.0 cm³/mol. The van der Waals surface area contributed by atoms with Crippen molar-refractivity contribution in [1.82, 2.24) is 0 Å². The lowest BCUT2D eigenvalue weighted by Gasteiger charge is -1.70. The Labute approximate surface area is 56.9 Å². The average molecular weight is 148 g/mol. The molecular formula is C4H2ClNOS. The van der Waals surface area contributed by atoms with Crippen LogP contribution in [0.4, 0.5) is 0 Å². The Morgan fingerprint density at radius 3 is 2.88 bits per heavy atom. The highest BCUT2D eigenvalue weighted by atomic mass is 35.5. The van der Waals surface area contributed by atoms with Gasteiger partial charge in [-0.15, -0.1) is 0 Å². The molecule has 0 rings (SSSR count). The normalized spacial score (nSPS) is 8.62. The molecule has 0 heterocycles. The van der Waals surface area contributed by atoms with Crippen LogP contribution in [0.3, 0.4) is 0 Å². The van der Waals surface area contributed by atoms with Gasteiger partial charge in [0.05, 0.1) is 5.16 Å². The van der Waals surface area contributed by atoms with Gasteiger partial charge in [0, 0.05) is 11.6 Å². The first-order chi connectivity index (χ1) is 3.81. The topological polar surface area (TPSA) is 29.4 Å². The maximum Gasteiger partial charge on any atom is 0.279 e. The average Bonchev–Trinajstić information content (AvgIpc) is 1.68. The third-order valence-electron chi connectivity index (χ3n) is 0.361. The van der Waals surface area contributed by atoms with Crippen LogP contribution in [0.25, 0.3) is 0 Å². The smallest absolute Gasteiger partial charge is 0.267 e. The van der Waals surface area contributed by atoms with Gasteiger partial charge in [-0.25, -0.2) is 0 Å². The Hall–Kier alpha value is -0.500. The summed E-state index contributed by atoms with van der Waals surface area (Å²) in [7, 11) is 0. The Morgan fingerprint density at radius 2 is 2.50 bits per heavy atom. The second-order valence-corrected chi connectivity index (χ2v) is 1.27. The van der Waals surface area contributed by atoms with Crippen molar-refractivity contribution in [2.24, 2.45) is 4.99 Å². The van der Waals surface area contributed by atoms with Crippen molar-refractivity contribution in [2.75, 3.05) is 0 Å². The highest BCUT2D eigenvalue weighted by molar-refractivity contribution is 7.78. The monoisotopic (exact) mass is 147 g/mol. The standard InChI is InChI=1S/C4H2ClNOS/c5-2-1-4(7)6-3-8/h1-2H/b2-1+. The van der Waals surface area contributed by atoms with Gasteiger partial charge in [-0.1, -0.05) is 11.6 Å². The number of rotatable bonds is 1. The molecule has 0 fully saturated rings. The van der Waals surface area contributed by atoms with Gasteiger partial charge in [-0.3, -0.25) is 4.79 Å². The number of carbonyl (C=O) groups excluding carboxylic acids is 1. The molecule has 0 bridgehead atoms. The summed E-state index contributed by atoms with van der Waals surface area (Å²) in [5, 5.41) is 1.90. The Bertz CT molecular complexity index is 159. The van der Waals surface area contributed by atoms with E-state index in [4.69, 9.17) is 11.6 Å². The Balaban J connectivity index is 3.84. The summed E-state index contributed by atoms with van der Waals surface area (Å²) in [5.41, 5.74) is 1.07. The first kappa shape index (κ1) is 7.50. The summed E-state index contributed by atoms with van der Waals surface area (Å²) < 4.78 is 0. The fourth-order valence-electron chi connectivity index (χ4n) is 0.136. The van der Waals surface area contributed by atoms with Gasteiger partial charge < -0.3 is 0 Å². The zero-order valence-corrected chi connectivity index (χ0v) is 5.37. The van der Waals surface area contributed by atoms with Crippen molar-refractivity contribution in [3.05, 3.63) is 11.6 Å². The second-order valence-electron chi connectivity index (χ2n) is 0.834. The fourth-order valence-corrected chi connectivity index (χ4v) is 0.334. The van der Waals surface area contributed by atoms with Crippen LogP contribution in [0.1, 0.15) is 0 Å². The van der Waals surface area contributed by atoms with E-state index >= 15 is 0 Å². The molecule has 0 aliphatic heterocycles. The molecule has 8 heavy (non-hydrogen) atoms. The summed E-state index contributed by atoms with van der Waals surface area (Å²) in [4.78, 5) is 13.2. The second kappa shape index (κ2) is 4.65. The molecule has 2 nitrogen and oxygen atoms in total. The van der Waals surface area contributed by atoms with E-state index < -0.39 is 5.91 Å². The van der Waals surface area contributed by atoms with E-state index in [2.05, 4.69) is 17.2 Å². The van der Waals surface area contributed by atoms with Crippen LogP contribution >= 0.6 is 23.8 Å². The number of thiocarbonyl (C=S) groups is 1. The number of aliphatic imine (C=N–C) groups is 1. The van der Waals surface area contributed by atoms with Crippen molar-refractivity contribution in [3.63, 3.8) is 0 Å². The number of carbonyl (C=O) groups is 1. The lowest BCUT2D eigenvalue weighted by molar-refractivity contribution is -0.113. The number of hydrogen-bond donors (Lipinski definition) is 0. The van der Waals surface area contributed by atoms with Crippen LogP contribution in [0, 0.1) is 0 Å². The molecule has 0 aliphatic carbocycles. The van der Waals surface area contributed by atoms with E-state index in [0.717, 1.165) is 11.6 Å². The molecule has 0 saturated carbocycles. The Morgan fingerprint density at radius 1 is 1.88 bits per heavy atom. The summed E-state index contributed by atoms with van der Waals surface area (Å²) in [5.74, 6) is -0.491. The minimum Gasteiger partial charge on any atom is -0.267 e. The fraction of sp³-hybridized carbons (Fsp3) is 0. The molecule has 0 aromatic heterocycles. The van der Waals surface area contributed by atoms with Crippen LogP contribution in [0.5, 0.6) is 0 Å². The predicted octanol–water partition coefficient (Wildman–Crippen LogP) is 1.37. The molecule has 0 N–H and O–H groups in total. The zero-order chi connectivity index (χ0) is 6.41. The van der Waals surface area contributed by atoms with E-state index in [1.165, 1.54) is 0 Å². The van der Waals surface area contributed by atoms with Gasteiger partial charge in [-0.05, 0) is 12.2 Å². The van der Waals surface area contributed by atoms with E-state index in [9.17, 15) is 4.79 Å². The molecule has 0 saturated heterocycles. The molecule has 42 valence electrons. The lowest BCUT2D eigenvalue weighted by atomic mass is 10.6. The molecule has 0 aromatic rings. The first-order valence-corrected chi connectivity index (χ1v) is 2.54. The van der Waals surface area contributed by atoms with Crippen LogP contribution in [-0.2, 0) is 4.79 Å². The van der Waals surface area contributed by atoms with Crippen LogP contribution in [-0.4, -0.2) is 11.1 Å². The molecule has 0 unspecified atom stereocenters. The van der Waals surface area contributed by atoms with Crippen LogP contribution in [0.2, 0.25) is 0 Å². The molecule has 0 radical (unpaired) electrons. The third kappa shape index (κ3) is 3.68. The largest absolute Gasteiger partial charge is 0.279 e. The number of hydrogen-bond acceptors (Lipinski definition) is 2. The quantitative estimate of drug-likeness (QED) is 0.319. The van der Waals surface area contributed by atoms with Crippen LogP contribution < -0.4 is 0 Å². The number of nitrogens with zero attached hydrogens (tertiary/aromatic N) is 1. The molecule has 0 aromatic carbocycles.